The lowest BCUT2D eigenvalue weighted by Gasteiger charge is -2.31. The van der Waals surface area contributed by atoms with E-state index in [2.05, 4.69) is 0 Å². The average Bonchev–Trinajstić information content (AvgIpc) is 3.25. The molecule has 0 spiro atoms. The zero-order valence-electron chi connectivity index (χ0n) is 22.8. The van der Waals surface area contributed by atoms with E-state index in [0.29, 0.717) is 44.1 Å². The minimum atomic E-state index is 0.0421. The third-order valence-corrected chi connectivity index (χ3v) is 9.66. The molecule has 2 aliphatic carbocycles. The monoisotopic (exact) mass is 620 g/mol. The van der Waals surface area contributed by atoms with Crippen LogP contribution >= 0.6 is 46.6 Å². The van der Waals surface area contributed by atoms with Crippen molar-refractivity contribution in [2.45, 2.75) is 89.8 Å². The summed E-state index contributed by atoms with van der Waals surface area (Å²) >= 11 is 20.4. The molecule has 3 aliphatic rings. The molecule has 0 unspecified atom stereocenters. The molecule has 3 fully saturated rings. The molecule has 0 aromatic heterocycles. The highest BCUT2D eigenvalue weighted by Crippen LogP contribution is 2.41. The summed E-state index contributed by atoms with van der Waals surface area (Å²) in [5.41, 5.74) is 1.65. The molecule has 9 heteroatoms. The maximum absolute atomic E-state index is 13.8. The first-order chi connectivity index (χ1) is 19.4. The molecule has 1 saturated heterocycles. The zero-order valence-corrected chi connectivity index (χ0v) is 25.8. The van der Waals surface area contributed by atoms with Gasteiger partial charge < -0.3 is 9.47 Å². The van der Waals surface area contributed by atoms with Crippen LogP contribution in [0, 0.1) is 0 Å². The van der Waals surface area contributed by atoms with Gasteiger partial charge in [0.15, 0.2) is 16.7 Å². The van der Waals surface area contributed by atoms with Gasteiger partial charge in [-0.3, -0.25) is 14.7 Å². The van der Waals surface area contributed by atoms with Gasteiger partial charge in [0.25, 0.3) is 5.91 Å². The molecule has 0 N–H and O–H groups in total. The van der Waals surface area contributed by atoms with Crippen molar-refractivity contribution in [1.82, 2.24) is 4.90 Å². The maximum Gasteiger partial charge on any atom is 0.266 e. The van der Waals surface area contributed by atoms with Crippen LogP contribution in [0.2, 0.25) is 15.1 Å². The molecule has 0 atom stereocenters. The topological polar surface area (TPSA) is 51.1 Å². The smallest absolute Gasteiger partial charge is 0.266 e. The second kappa shape index (κ2) is 13.9. The predicted octanol–water partition coefficient (Wildman–Crippen LogP) is 9.56. The van der Waals surface area contributed by atoms with Crippen LogP contribution in [0.1, 0.15) is 82.3 Å². The fourth-order valence-corrected chi connectivity index (χ4v) is 7.32. The molecule has 5 rings (SSSR count). The van der Waals surface area contributed by atoms with Crippen molar-refractivity contribution in [2.75, 3.05) is 6.61 Å². The fourth-order valence-electron chi connectivity index (χ4n) is 5.61. The van der Waals surface area contributed by atoms with Gasteiger partial charge >= 0.3 is 0 Å². The Bertz CT molecular complexity index is 1290. The fraction of sp³-hybridized carbons (Fsp3) is 0.484. The van der Waals surface area contributed by atoms with Crippen molar-refractivity contribution in [2.24, 2.45) is 4.99 Å². The van der Waals surface area contributed by atoms with Crippen LogP contribution in [-0.2, 0) is 11.4 Å². The number of amidine groups is 1. The van der Waals surface area contributed by atoms with Crippen molar-refractivity contribution in [1.29, 1.82) is 0 Å². The van der Waals surface area contributed by atoms with E-state index >= 15 is 0 Å². The molecule has 2 saturated carbocycles. The van der Waals surface area contributed by atoms with Crippen LogP contribution in [0.15, 0.2) is 40.2 Å². The van der Waals surface area contributed by atoms with E-state index in [1.54, 1.807) is 12.1 Å². The summed E-state index contributed by atoms with van der Waals surface area (Å²) in [6.45, 7) is 2.61. The van der Waals surface area contributed by atoms with Crippen LogP contribution in [0.25, 0.3) is 6.08 Å². The van der Waals surface area contributed by atoms with Gasteiger partial charge in [0, 0.05) is 6.04 Å². The van der Waals surface area contributed by atoms with Crippen LogP contribution in [0.3, 0.4) is 0 Å². The number of nitrogens with zero attached hydrogens (tertiary/aromatic N) is 2. The molecular formula is C31H35Cl3N2O3S. The highest BCUT2D eigenvalue weighted by molar-refractivity contribution is 8.18. The van der Waals surface area contributed by atoms with Crippen LogP contribution in [0.4, 0.5) is 0 Å². The number of carbonyl (C=O) groups is 1. The molecule has 40 heavy (non-hydrogen) atoms. The minimum absolute atomic E-state index is 0.0421. The zero-order chi connectivity index (χ0) is 28.1. The first-order valence-corrected chi connectivity index (χ1v) is 16.2. The highest BCUT2D eigenvalue weighted by atomic mass is 35.5. The number of amides is 1. The van der Waals surface area contributed by atoms with Crippen molar-refractivity contribution >= 4 is 63.7 Å². The summed E-state index contributed by atoms with van der Waals surface area (Å²) in [6, 6.07) is 9.58. The summed E-state index contributed by atoms with van der Waals surface area (Å²) < 4.78 is 12.0. The quantitative estimate of drug-likeness (QED) is 0.276. The molecule has 1 aliphatic heterocycles. The SMILES string of the molecule is CCOc1cc(C=C2SC(=NC3CCCCC3)N(C3CCCCC3)C2=O)cc(Cl)c1OCc1ccc(Cl)c(Cl)c1. The normalized spacial score (nSPS) is 21.0. The van der Waals surface area contributed by atoms with Crippen molar-refractivity contribution in [3.05, 3.63) is 61.4 Å². The number of thioether (sulfide) groups is 1. The Morgan fingerprint density at radius 2 is 1.65 bits per heavy atom. The average molecular weight is 622 g/mol. The first-order valence-electron chi connectivity index (χ1n) is 14.3. The number of carbonyl (C=O) groups excluding carboxylic acids is 1. The standard InChI is InChI=1S/C31H35Cl3N2O3S/c1-2-38-27-17-21(16-26(34)29(27)39-19-20-13-14-24(32)25(33)15-20)18-28-30(37)36(23-11-7-4-8-12-23)31(40-28)35-22-9-5-3-6-10-22/h13-18,22-23H,2-12,19H2,1H3. The predicted molar refractivity (Wildman–Crippen MR) is 167 cm³/mol. The van der Waals surface area contributed by atoms with E-state index in [4.69, 9.17) is 49.3 Å². The lowest BCUT2D eigenvalue weighted by atomic mass is 9.94. The lowest BCUT2D eigenvalue weighted by molar-refractivity contribution is -0.124. The van der Waals surface area contributed by atoms with Gasteiger partial charge in [-0.05, 0) is 85.8 Å². The summed E-state index contributed by atoms with van der Waals surface area (Å²) in [4.78, 5) is 21.6. The Morgan fingerprint density at radius 1 is 0.925 bits per heavy atom. The second-order valence-electron chi connectivity index (χ2n) is 10.6. The van der Waals surface area contributed by atoms with Gasteiger partial charge in [0.05, 0.1) is 32.6 Å². The Balaban J connectivity index is 1.41. The van der Waals surface area contributed by atoms with Gasteiger partial charge in [0.2, 0.25) is 0 Å². The van der Waals surface area contributed by atoms with E-state index in [0.717, 1.165) is 54.8 Å². The van der Waals surface area contributed by atoms with E-state index in [9.17, 15) is 4.79 Å². The van der Waals surface area contributed by atoms with Gasteiger partial charge in [-0.15, -0.1) is 0 Å². The van der Waals surface area contributed by atoms with Gasteiger partial charge in [-0.1, -0.05) is 79.4 Å². The van der Waals surface area contributed by atoms with E-state index in [1.165, 1.54) is 37.4 Å². The molecule has 0 bridgehead atoms. The number of ether oxygens (including phenoxy) is 2. The number of hydrogen-bond donors (Lipinski definition) is 0. The Labute approximate surface area is 256 Å². The summed E-state index contributed by atoms with van der Waals surface area (Å²) in [5, 5.41) is 2.23. The second-order valence-corrected chi connectivity index (χ2v) is 12.8. The molecule has 5 nitrogen and oxygen atoms in total. The van der Waals surface area contributed by atoms with E-state index < -0.39 is 0 Å². The van der Waals surface area contributed by atoms with Gasteiger partial charge in [0.1, 0.15) is 6.61 Å². The maximum atomic E-state index is 13.8. The number of benzene rings is 2. The van der Waals surface area contributed by atoms with Gasteiger partial charge in [-0.2, -0.15) is 0 Å². The molecule has 214 valence electrons. The number of hydrogen-bond acceptors (Lipinski definition) is 5. The third kappa shape index (κ3) is 7.13. The molecule has 0 radical (unpaired) electrons. The summed E-state index contributed by atoms with van der Waals surface area (Å²) in [6.07, 6.45) is 13.4. The molecule has 1 amide bonds. The van der Waals surface area contributed by atoms with E-state index in [1.807, 2.05) is 36.1 Å². The number of aliphatic imine (C=N–C) groups is 1. The van der Waals surface area contributed by atoms with E-state index in [-0.39, 0.29) is 18.6 Å². The molecule has 1 heterocycles. The van der Waals surface area contributed by atoms with Crippen LogP contribution < -0.4 is 9.47 Å². The van der Waals surface area contributed by atoms with Crippen molar-refractivity contribution < 1.29 is 14.3 Å². The Morgan fingerprint density at radius 3 is 2.35 bits per heavy atom. The summed E-state index contributed by atoms with van der Waals surface area (Å²) in [7, 11) is 0. The van der Waals surface area contributed by atoms with Crippen LogP contribution in [0.5, 0.6) is 11.5 Å². The molecule has 2 aromatic carbocycles. The van der Waals surface area contributed by atoms with Crippen molar-refractivity contribution in [3.8, 4) is 11.5 Å². The van der Waals surface area contributed by atoms with Crippen LogP contribution in [-0.4, -0.2) is 34.7 Å². The minimum Gasteiger partial charge on any atom is -0.490 e. The Hall–Kier alpha value is -1.86. The first kappa shape index (κ1) is 29.6. The lowest BCUT2D eigenvalue weighted by Crippen LogP contribution is -2.41. The largest absolute Gasteiger partial charge is 0.490 e. The van der Waals surface area contributed by atoms with Gasteiger partial charge in [-0.25, -0.2) is 0 Å². The number of rotatable bonds is 8. The highest BCUT2D eigenvalue weighted by Gasteiger charge is 2.39. The summed E-state index contributed by atoms with van der Waals surface area (Å²) in [5.74, 6) is 1.02. The Kier molecular flexibility index (Phi) is 10.3. The third-order valence-electron chi connectivity index (χ3n) is 7.64. The number of halogens is 3. The molecular weight excluding hydrogens is 587 g/mol. The van der Waals surface area contributed by atoms with Crippen molar-refractivity contribution in [3.63, 3.8) is 0 Å². The molecule has 2 aromatic rings.